The monoisotopic (exact) mass is 343 g/mol. The number of aromatic nitrogens is 1. The second-order valence-corrected chi connectivity index (χ2v) is 6.19. The van der Waals surface area contributed by atoms with Gasteiger partial charge in [0.25, 0.3) is 0 Å². The molecule has 0 fully saturated rings. The Hall–Kier alpha value is -1.64. The van der Waals surface area contributed by atoms with Crippen LogP contribution in [0.5, 0.6) is 0 Å². The first-order chi connectivity index (χ1) is 11.0. The number of aliphatic carboxylic acids is 1. The molecule has 0 saturated carbocycles. The van der Waals surface area contributed by atoms with Crippen LogP contribution < -0.4 is 34.7 Å². The van der Waals surface area contributed by atoms with Crippen LogP contribution in [-0.4, -0.2) is 10.3 Å². The Morgan fingerprint density at radius 1 is 1.12 bits per heavy atom. The number of nitrogens with zero attached hydrogens (tertiary/aromatic N) is 1. The number of carboxylic acids is 1. The van der Waals surface area contributed by atoms with Crippen molar-refractivity contribution in [1.29, 1.82) is 0 Å². The normalized spacial score (nSPS) is 9.92. The number of benzene rings is 2. The van der Waals surface area contributed by atoms with Crippen LogP contribution in [0.1, 0.15) is 27.3 Å². The van der Waals surface area contributed by atoms with Crippen molar-refractivity contribution in [2.45, 2.75) is 20.3 Å². The molecule has 0 radical (unpaired) electrons. The second-order valence-electron chi connectivity index (χ2n) is 5.42. The Kier molecular flexibility index (Phi) is 6.20. The Morgan fingerprint density at radius 3 is 2.50 bits per heavy atom. The van der Waals surface area contributed by atoms with E-state index in [1.165, 1.54) is 11.5 Å². The van der Waals surface area contributed by atoms with E-state index in [4.69, 9.17) is 0 Å². The molecule has 24 heavy (non-hydrogen) atoms. The maximum absolute atomic E-state index is 10.7. The Balaban J connectivity index is 0.00000208. The zero-order valence-corrected chi connectivity index (χ0v) is 16.7. The van der Waals surface area contributed by atoms with E-state index in [-0.39, 0.29) is 36.0 Å². The van der Waals surface area contributed by atoms with Gasteiger partial charge in [0.2, 0.25) is 0 Å². The Labute approximate surface area is 167 Å². The quantitative estimate of drug-likeness (QED) is 0.470. The molecule has 0 spiro atoms. The Bertz CT molecular complexity index is 966. The molecular formula is C19H14NNaO2S. The van der Waals surface area contributed by atoms with Gasteiger partial charge in [-0.15, -0.1) is 0 Å². The fraction of sp³-hybridized carbons (Fsp3) is 0.158. The van der Waals surface area contributed by atoms with Gasteiger partial charge in [-0.1, -0.05) is 30.2 Å². The second kappa shape index (κ2) is 7.96. The van der Waals surface area contributed by atoms with Crippen LogP contribution in [0.4, 0.5) is 0 Å². The third-order valence-corrected chi connectivity index (χ3v) is 4.69. The molecule has 0 atom stereocenters. The van der Waals surface area contributed by atoms with Gasteiger partial charge in [0.05, 0.1) is 5.69 Å². The summed E-state index contributed by atoms with van der Waals surface area (Å²) in [5.41, 5.74) is 3.83. The van der Waals surface area contributed by atoms with Crippen molar-refractivity contribution in [2.24, 2.45) is 0 Å². The first kappa shape index (κ1) is 18.7. The smallest absolute Gasteiger partial charge is 0.550 e. The predicted octanol–water partition coefficient (Wildman–Crippen LogP) is -0.391. The first-order valence-electron chi connectivity index (χ1n) is 7.20. The van der Waals surface area contributed by atoms with Crippen LogP contribution in [0.25, 0.3) is 10.8 Å². The van der Waals surface area contributed by atoms with E-state index in [0.29, 0.717) is 0 Å². The summed E-state index contributed by atoms with van der Waals surface area (Å²) in [6.45, 7) is 4.01. The molecular weight excluding hydrogens is 329 g/mol. The molecule has 0 aliphatic rings. The first-order valence-corrected chi connectivity index (χ1v) is 7.98. The zero-order valence-electron chi connectivity index (χ0n) is 13.8. The van der Waals surface area contributed by atoms with E-state index >= 15 is 0 Å². The van der Waals surface area contributed by atoms with Crippen LogP contribution in [0.3, 0.4) is 0 Å². The van der Waals surface area contributed by atoms with Gasteiger partial charge in [-0.3, -0.25) is 0 Å². The fourth-order valence-electron chi connectivity index (χ4n) is 2.31. The number of rotatable bonds is 2. The maximum atomic E-state index is 10.7. The average Bonchev–Trinajstić information content (AvgIpc) is 2.84. The number of carbonyl (C=O) groups is 1. The minimum Gasteiger partial charge on any atom is -0.550 e. The van der Waals surface area contributed by atoms with Crippen molar-refractivity contribution in [1.82, 2.24) is 4.37 Å². The molecule has 1 aromatic heterocycles. The Morgan fingerprint density at radius 2 is 1.83 bits per heavy atom. The van der Waals surface area contributed by atoms with Crippen molar-refractivity contribution >= 4 is 28.3 Å². The molecule has 0 saturated heterocycles. The van der Waals surface area contributed by atoms with Crippen LogP contribution in [-0.2, 0) is 11.2 Å². The minimum atomic E-state index is -1.07. The van der Waals surface area contributed by atoms with Gasteiger partial charge in [-0.05, 0) is 65.3 Å². The third kappa shape index (κ3) is 4.25. The molecule has 3 nitrogen and oxygen atoms in total. The fourth-order valence-corrected chi connectivity index (χ4v) is 3.06. The van der Waals surface area contributed by atoms with Crippen molar-refractivity contribution in [3.63, 3.8) is 0 Å². The molecule has 114 valence electrons. The van der Waals surface area contributed by atoms with Gasteiger partial charge in [0.15, 0.2) is 0 Å². The van der Waals surface area contributed by atoms with Gasteiger partial charge < -0.3 is 9.90 Å². The van der Waals surface area contributed by atoms with Crippen molar-refractivity contribution in [3.05, 3.63) is 63.7 Å². The number of hydrogen-bond donors (Lipinski definition) is 0. The van der Waals surface area contributed by atoms with Crippen LogP contribution in [0.2, 0.25) is 0 Å². The van der Waals surface area contributed by atoms with Gasteiger partial charge in [0.1, 0.15) is 4.88 Å². The molecule has 3 rings (SSSR count). The van der Waals surface area contributed by atoms with E-state index < -0.39 is 5.97 Å². The molecule has 0 aliphatic carbocycles. The van der Waals surface area contributed by atoms with E-state index in [0.717, 1.165) is 38.0 Å². The van der Waals surface area contributed by atoms with E-state index in [1.807, 2.05) is 50.2 Å². The number of carbonyl (C=O) groups excluding carboxylic acids is 1. The van der Waals surface area contributed by atoms with E-state index in [9.17, 15) is 9.90 Å². The summed E-state index contributed by atoms with van der Waals surface area (Å²) in [5, 5.41) is 12.7. The molecule has 5 heteroatoms. The molecule has 0 N–H and O–H groups in total. The molecule has 1 heterocycles. The summed E-state index contributed by atoms with van der Waals surface area (Å²) >= 11 is 1.42. The number of hydrogen-bond acceptors (Lipinski definition) is 4. The minimum absolute atomic E-state index is 0. The number of carboxylic acid groups (broad SMARTS) is 1. The molecule has 3 aromatic rings. The summed E-state index contributed by atoms with van der Waals surface area (Å²) in [6, 6.07) is 11.5. The molecule has 0 amide bonds. The average molecular weight is 343 g/mol. The SMILES string of the molecule is Cc1nsc(C#Cc2ccc3cc(CC(=O)[O-])ccc3c2)c1C.[Na+]. The van der Waals surface area contributed by atoms with Crippen molar-refractivity contribution < 1.29 is 39.5 Å². The summed E-state index contributed by atoms with van der Waals surface area (Å²) in [4.78, 5) is 11.7. The molecule has 0 bridgehead atoms. The van der Waals surface area contributed by atoms with Crippen LogP contribution in [0.15, 0.2) is 36.4 Å². The van der Waals surface area contributed by atoms with Gasteiger partial charge in [-0.2, -0.15) is 4.37 Å². The predicted molar refractivity (Wildman–Crippen MR) is 90.2 cm³/mol. The van der Waals surface area contributed by atoms with Gasteiger partial charge in [0, 0.05) is 18.0 Å². The molecule has 0 unspecified atom stereocenters. The summed E-state index contributed by atoms with van der Waals surface area (Å²) in [7, 11) is 0. The van der Waals surface area contributed by atoms with Gasteiger partial charge >= 0.3 is 29.6 Å². The summed E-state index contributed by atoms with van der Waals surface area (Å²) in [6.07, 6.45) is -0.0680. The third-order valence-electron chi connectivity index (χ3n) is 3.73. The standard InChI is InChI=1S/C19H15NO2S.Na/c1-12-13(2)20-23-18(12)8-5-14-3-6-17-10-15(11-19(21)22)4-7-16(17)9-14;/h3-4,6-7,9-10H,11H2,1-2H3,(H,21,22);/q;+1/p-1. The summed E-state index contributed by atoms with van der Waals surface area (Å²) in [5.74, 6) is 5.28. The van der Waals surface area contributed by atoms with Crippen LogP contribution in [0, 0.1) is 25.7 Å². The van der Waals surface area contributed by atoms with Crippen molar-refractivity contribution in [3.8, 4) is 11.8 Å². The molecule has 0 aliphatic heterocycles. The topological polar surface area (TPSA) is 53.0 Å². The van der Waals surface area contributed by atoms with Gasteiger partial charge in [-0.25, -0.2) is 0 Å². The largest absolute Gasteiger partial charge is 1.00 e. The zero-order chi connectivity index (χ0) is 16.4. The van der Waals surface area contributed by atoms with Crippen molar-refractivity contribution in [2.75, 3.05) is 0 Å². The molecule has 2 aromatic carbocycles. The maximum Gasteiger partial charge on any atom is 1.00 e. The number of fused-ring (bicyclic) bond motifs is 1. The van der Waals surface area contributed by atoms with E-state index in [1.54, 1.807) is 0 Å². The van der Waals surface area contributed by atoms with Crippen LogP contribution >= 0.6 is 11.5 Å². The van der Waals surface area contributed by atoms with E-state index in [2.05, 4.69) is 16.2 Å². The number of aryl methyl sites for hydroxylation is 1. The summed E-state index contributed by atoms with van der Waals surface area (Å²) < 4.78 is 4.30.